The number of fused-ring (bicyclic) bond motifs is 10. The molecule has 0 aliphatic carbocycles. The number of para-hydroxylation sites is 1. The smallest absolute Gasteiger partial charge is 0.164 e. The van der Waals surface area contributed by atoms with Crippen molar-refractivity contribution in [2.45, 2.75) is 0 Å². The maximum absolute atomic E-state index is 6.34. The molecule has 3 heterocycles. The summed E-state index contributed by atoms with van der Waals surface area (Å²) in [7, 11) is 0. The number of hydrogen-bond donors (Lipinski definition) is 0. The average molecular weight is 791 g/mol. The van der Waals surface area contributed by atoms with Crippen LogP contribution in [0, 0.1) is 0 Å². The SMILES string of the molecule is c1ccc(-c2ccc3c(-n4c5cc6ccccc6cc5c5ccc6ccccc6c54)ccc(-c4nc(-c5ccccc5)nc(-c5ccc6c(c5)oc5ccccc56)n4)c3c2)cc1. The summed E-state index contributed by atoms with van der Waals surface area (Å²) in [5.74, 6) is 1.78. The van der Waals surface area contributed by atoms with Crippen LogP contribution >= 0.6 is 0 Å². The van der Waals surface area contributed by atoms with Gasteiger partial charge in [0, 0.05) is 49.0 Å². The zero-order valence-electron chi connectivity index (χ0n) is 33.3. The molecule has 0 N–H and O–H groups in total. The van der Waals surface area contributed by atoms with E-state index in [0.29, 0.717) is 17.5 Å². The van der Waals surface area contributed by atoms with Gasteiger partial charge in [0.1, 0.15) is 11.2 Å². The molecule has 13 rings (SSSR count). The van der Waals surface area contributed by atoms with Gasteiger partial charge in [-0.15, -0.1) is 0 Å². The van der Waals surface area contributed by atoms with Crippen LogP contribution in [0.15, 0.2) is 211 Å². The lowest BCUT2D eigenvalue weighted by atomic mass is 9.96. The second-order valence-corrected chi connectivity index (χ2v) is 16.0. The molecule has 0 saturated carbocycles. The molecule has 0 spiro atoms. The predicted molar refractivity (Wildman–Crippen MR) is 256 cm³/mol. The molecule has 0 aliphatic rings. The van der Waals surface area contributed by atoms with Crippen molar-refractivity contribution < 1.29 is 4.42 Å². The van der Waals surface area contributed by atoms with Gasteiger partial charge in [0.2, 0.25) is 0 Å². The van der Waals surface area contributed by atoms with Crippen LogP contribution in [0.3, 0.4) is 0 Å². The molecule has 0 aliphatic heterocycles. The van der Waals surface area contributed by atoms with Gasteiger partial charge in [0.05, 0.1) is 16.7 Å². The summed E-state index contributed by atoms with van der Waals surface area (Å²) in [5, 5.41) is 11.6. The first kappa shape index (κ1) is 34.5. The summed E-state index contributed by atoms with van der Waals surface area (Å²) in [6.45, 7) is 0. The Kier molecular flexibility index (Phi) is 7.54. The van der Waals surface area contributed by atoms with Crippen molar-refractivity contribution in [2.24, 2.45) is 0 Å². The first-order valence-corrected chi connectivity index (χ1v) is 20.9. The summed E-state index contributed by atoms with van der Waals surface area (Å²) < 4.78 is 8.82. The minimum Gasteiger partial charge on any atom is -0.456 e. The first-order valence-electron chi connectivity index (χ1n) is 20.9. The molecule has 10 aromatic carbocycles. The van der Waals surface area contributed by atoms with Crippen molar-refractivity contribution in [1.29, 1.82) is 0 Å². The largest absolute Gasteiger partial charge is 0.456 e. The Hall–Kier alpha value is -8.41. The third kappa shape index (κ3) is 5.38. The van der Waals surface area contributed by atoms with E-state index in [-0.39, 0.29) is 0 Å². The van der Waals surface area contributed by atoms with Gasteiger partial charge in [0.15, 0.2) is 17.5 Å². The van der Waals surface area contributed by atoms with E-state index in [1.54, 1.807) is 0 Å². The van der Waals surface area contributed by atoms with Crippen LogP contribution in [-0.2, 0) is 0 Å². The summed E-state index contributed by atoms with van der Waals surface area (Å²) in [6, 6.07) is 73.0. The quantitative estimate of drug-likeness (QED) is 0.174. The van der Waals surface area contributed by atoms with E-state index in [0.717, 1.165) is 71.7 Å². The summed E-state index contributed by atoms with van der Waals surface area (Å²) >= 11 is 0. The van der Waals surface area contributed by atoms with Gasteiger partial charge in [-0.25, -0.2) is 15.0 Å². The molecule has 3 aromatic heterocycles. The number of benzene rings is 10. The van der Waals surface area contributed by atoms with Crippen LogP contribution in [0.1, 0.15) is 0 Å². The molecule has 62 heavy (non-hydrogen) atoms. The highest BCUT2D eigenvalue weighted by Gasteiger charge is 2.21. The summed E-state index contributed by atoms with van der Waals surface area (Å²) in [5.41, 5.74) is 10.0. The zero-order valence-corrected chi connectivity index (χ0v) is 33.3. The molecule has 0 unspecified atom stereocenters. The van der Waals surface area contributed by atoms with E-state index >= 15 is 0 Å². The van der Waals surface area contributed by atoms with Gasteiger partial charge in [0.25, 0.3) is 0 Å². The zero-order chi connectivity index (χ0) is 40.7. The van der Waals surface area contributed by atoms with E-state index in [1.165, 1.54) is 37.8 Å². The molecule has 13 aromatic rings. The molecule has 0 amide bonds. The minimum atomic E-state index is 0.577. The number of furan rings is 1. The van der Waals surface area contributed by atoms with Gasteiger partial charge >= 0.3 is 0 Å². The second kappa shape index (κ2) is 13.6. The molecule has 5 nitrogen and oxygen atoms in total. The van der Waals surface area contributed by atoms with E-state index in [9.17, 15) is 0 Å². The lowest BCUT2D eigenvalue weighted by Gasteiger charge is -2.17. The maximum atomic E-state index is 6.34. The van der Waals surface area contributed by atoms with Gasteiger partial charge in [-0.2, -0.15) is 0 Å². The van der Waals surface area contributed by atoms with Gasteiger partial charge in [-0.1, -0.05) is 158 Å². The van der Waals surface area contributed by atoms with Crippen LogP contribution in [0.2, 0.25) is 0 Å². The standard InChI is InChI=1S/C57H34N4O/c1-3-13-35(14-4-1)40-24-26-43-48(31-40)47(29-30-50(43)61-51-33-39-19-8-7-18-38(39)32-49(51)46-28-23-36-15-9-10-20-42(36)54(46)61)57-59-55(37-16-5-2-6-17-37)58-56(60-57)41-25-27-45-44-21-11-12-22-52(44)62-53(45)34-41/h1-34H. The monoisotopic (exact) mass is 790 g/mol. The lowest BCUT2D eigenvalue weighted by molar-refractivity contribution is 0.669. The molecule has 0 fully saturated rings. The molecule has 5 heteroatoms. The highest BCUT2D eigenvalue weighted by Crippen LogP contribution is 2.43. The maximum Gasteiger partial charge on any atom is 0.164 e. The van der Waals surface area contributed by atoms with E-state index in [4.69, 9.17) is 19.4 Å². The fourth-order valence-corrected chi connectivity index (χ4v) is 9.45. The Morgan fingerprint density at radius 2 is 0.935 bits per heavy atom. The average Bonchev–Trinajstić information content (AvgIpc) is 3.88. The van der Waals surface area contributed by atoms with Crippen molar-refractivity contribution in [3.05, 3.63) is 206 Å². The van der Waals surface area contributed by atoms with Gasteiger partial charge in [-0.3, -0.25) is 0 Å². The Morgan fingerprint density at radius 1 is 0.323 bits per heavy atom. The van der Waals surface area contributed by atoms with E-state index in [1.807, 2.05) is 42.5 Å². The van der Waals surface area contributed by atoms with Crippen molar-refractivity contribution in [3.63, 3.8) is 0 Å². The van der Waals surface area contributed by atoms with Crippen molar-refractivity contribution >= 4 is 76.1 Å². The number of rotatable bonds is 5. The second-order valence-electron chi connectivity index (χ2n) is 16.0. The first-order chi connectivity index (χ1) is 30.7. The van der Waals surface area contributed by atoms with Crippen molar-refractivity contribution in [1.82, 2.24) is 19.5 Å². The minimum absolute atomic E-state index is 0.577. The third-order valence-electron chi connectivity index (χ3n) is 12.4. The lowest BCUT2D eigenvalue weighted by Crippen LogP contribution is -2.02. The van der Waals surface area contributed by atoms with Crippen LogP contribution in [0.5, 0.6) is 0 Å². The normalized spacial score (nSPS) is 11.9. The van der Waals surface area contributed by atoms with Gasteiger partial charge < -0.3 is 8.98 Å². The number of nitrogens with zero attached hydrogens (tertiary/aromatic N) is 4. The molecule has 0 atom stereocenters. The van der Waals surface area contributed by atoms with Crippen molar-refractivity contribution in [2.75, 3.05) is 0 Å². The fourth-order valence-electron chi connectivity index (χ4n) is 9.45. The molecular formula is C57H34N4O. The van der Waals surface area contributed by atoms with Crippen LogP contribution in [0.4, 0.5) is 0 Å². The van der Waals surface area contributed by atoms with Crippen LogP contribution < -0.4 is 0 Å². The predicted octanol–water partition coefficient (Wildman–Crippen LogP) is 15.0. The van der Waals surface area contributed by atoms with Crippen LogP contribution in [-0.4, -0.2) is 19.5 Å². The Balaban J connectivity index is 1.11. The Morgan fingerprint density at radius 3 is 1.76 bits per heavy atom. The van der Waals surface area contributed by atoms with Crippen molar-refractivity contribution in [3.8, 4) is 51.0 Å². The summed E-state index contributed by atoms with van der Waals surface area (Å²) in [6.07, 6.45) is 0. The van der Waals surface area contributed by atoms with E-state index in [2.05, 4.69) is 168 Å². The molecule has 0 saturated heterocycles. The third-order valence-corrected chi connectivity index (χ3v) is 12.4. The van der Waals surface area contributed by atoms with Crippen LogP contribution in [0.25, 0.3) is 127 Å². The van der Waals surface area contributed by atoms with E-state index < -0.39 is 0 Å². The highest BCUT2D eigenvalue weighted by atomic mass is 16.3. The Labute approximate surface area is 355 Å². The Bertz CT molecular complexity index is 3920. The molecular weight excluding hydrogens is 757 g/mol. The summed E-state index contributed by atoms with van der Waals surface area (Å²) in [4.78, 5) is 15.7. The molecule has 288 valence electrons. The van der Waals surface area contributed by atoms with Gasteiger partial charge in [-0.05, 0) is 81.2 Å². The topological polar surface area (TPSA) is 56.7 Å². The number of hydrogen-bond acceptors (Lipinski definition) is 4. The molecule has 0 bridgehead atoms. The molecule has 0 radical (unpaired) electrons. The fraction of sp³-hybridized carbons (Fsp3) is 0. The highest BCUT2D eigenvalue weighted by molar-refractivity contribution is 6.21. The number of aromatic nitrogens is 4.